The van der Waals surface area contributed by atoms with E-state index in [9.17, 15) is 22.0 Å². The molecular formula is C12H7BrF5N3S. The van der Waals surface area contributed by atoms with Crippen LogP contribution in [0.25, 0.3) is 0 Å². The zero-order valence-corrected chi connectivity index (χ0v) is 13.2. The molecule has 0 radical (unpaired) electrons. The molecule has 0 fully saturated rings. The number of thiazole rings is 1. The lowest BCUT2D eigenvalue weighted by atomic mass is 10.1. The molecule has 0 bridgehead atoms. The number of benzene rings is 1. The summed E-state index contributed by atoms with van der Waals surface area (Å²) in [4.78, 5) is 3.98. The van der Waals surface area contributed by atoms with Gasteiger partial charge in [0, 0.05) is 5.38 Å². The minimum atomic E-state index is -4.94. The van der Waals surface area contributed by atoms with Crippen molar-refractivity contribution in [1.29, 1.82) is 0 Å². The first-order chi connectivity index (χ1) is 10.2. The summed E-state index contributed by atoms with van der Waals surface area (Å²) in [5, 5.41) is 5.57. The second-order valence-electron chi connectivity index (χ2n) is 4.11. The summed E-state index contributed by atoms with van der Waals surface area (Å²) < 4.78 is 65.1. The van der Waals surface area contributed by atoms with E-state index >= 15 is 0 Å². The third-order valence-electron chi connectivity index (χ3n) is 2.47. The Balaban J connectivity index is 2.35. The summed E-state index contributed by atoms with van der Waals surface area (Å²) in [6.45, 7) is 1.73. The van der Waals surface area contributed by atoms with Gasteiger partial charge in [0.05, 0.1) is 27.5 Å². The molecule has 0 aliphatic carbocycles. The predicted molar refractivity (Wildman–Crippen MR) is 77.1 cm³/mol. The van der Waals surface area contributed by atoms with E-state index in [4.69, 9.17) is 0 Å². The summed E-state index contributed by atoms with van der Waals surface area (Å²) in [5.74, 6) is -2.90. The number of aryl methyl sites for hydroxylation is 1. The highest BCUT2D eigenvalue weighted by atomic mass is 79.9. The first kappa shape index (κ1) is 16.8. The van der Waals surface area contributed by atoms with Crippen molar-refractivity contribution in [2.45, 2.75) is 13.1 Å². The van der Waals surface area contributed by atoms with E-state index in [1.54, 1.807) is 12.3 Å². The molecule has 0 saturated heterocycles. The first-order valence-electron chi connectivity index (χ1n) is 5.66. The van der Waals surface area contributed by atoms with E-state index in [1.165, 1.54) is 11.3 Å². The Kier molecular flexibility index (Phi) is 4.81. The fourth-order valence-electron chi connectivity index (χ4n) is 1.50. The van der Waals surface area contributed by atoms with Crippen LogP contribution in [0.3, 0.4) is 0 Å². The molecule has 118 valence electrons. The highest BCUT2D eigenvalue weighted by Gasteiger charge is 2.36. The van der Waals surface area contributed by atoms with E-state index in [1.807, 2.05) is 0 Å². The largest absolute Gasteiger partial charge is 0.419 e. The molecule has 0 unspecified atom stereocenters. The van der Waals surface area contributed by atoms with Crippen LogP contribution in [0.4, 0.5) is 27.1 Å². The summed E-state index contributed by atoms with van der Waals surface area (Å²) >= 11 is 3.82. The predicted octanol–water partition coefficient (Wildman–Crippen LogP) is 4.96. The Hall–Kier alpha value is -1.55. The number of nitrogens with zero attached hydrogens (tertiary/aromatic N) is 2. The Morgan fingerprint density at radius 3 is 2.55 bits per heavy atom. The van der Waals surface area contributed by atoms with Crippen LogP contribution in [-0.4, -0.2) is 11.2 Å². The van der Waals surface area contributed by atoms with Gasteiger partial charge >= 0.3 is 6.18 Å². The van der Waals surface area contributed by atoms with Crippen molar-refractivity contribution in [3.8, 4) is 0 Å². The van der Waals surface area contributed by atoms with Gasteiger partial charge in [-0.15, -0.1) is 11.3 Å². The molecule has 2 aromatic rings. The minimum Gasteiger partial charge on any atom is -0.253 e. The van der Waals surface area contributed by atoms with E-state index < -0.39 is 33.4 Å². The van der Waals surface area contributed by atoms with Crippen molar-refractivity contribution in [2.24, 2.45) is 5.10 Å². The third-order valence-corrected chi connectivity index (χ3v) is 3.91. The molecular weight excluding hydrogens is 393 g/mol. The van der Waals surface area contributed by atoms with Gasteiger partial charge in [0.15, 0.2) is 0 Å². The number of aromatic nitrogens is 1. The number of hydrogen-bond acceptors (Lipinski definition) is 4. The number of anilines is 1. The number of alkyl halides is 3. The maximum absolute atomic E-state index is 13.8. The molecule has 10 heteroatoms. The molecule has 1 N–H and O–H groups in total. The summed E-state index contributed by atoms with van der Waals surface area (Å²) in [5.41, 5.74) is 0.626. The van der Waals surface area contributed by atoms with Crippen molar-refractivity contribution in [3.63, 3.8) is 0 Å². The minimum absolute atomic E-state index is 0.347. The lowest BCUT2D eigenvalue weighted by Gasteiger charge is -2.11. The van der Waals surface area contributed by atoms with Crippen LogP contribution in [0.5, 0.6) is 0 Å². The van der Waals surface area contributed by atoms with Gasteiger partial charge < -0.3 is 0 Å². The monoisotopic (exact) mass is 399 g/mol. The van der Waals surface area contributed by atoms with E-state index in [0.717, 1.165) is 0 Å². The Labute approximate surface area is 134 Å². The molecule has 0 amide bonds. The number of hydrogen-bond donors (Lipinski definition) is 1. The van der Waals surface area contributed by atoms with Crippen molar-refractivity contribution in [3.05, 3.63) is 44.4 Å². The van der Waals surface area contributed by atoms with Crippen molar-refractivity contribution in [1.82, 2.24) is 4.98 Å². The van der Waals surface area contributed by atoms with E-state index in [0.29, 0.717) is 23.1 Å². The van der Waals surface area contributed by atoms with Gasteiger partial charge in [0.25, 0.3) is 0 Å². The van der Waals surface area contributed by atoms with Gasteiger partial charge in [0.2, 0.25) is 5.13 Å². The van der Waals surface area contributed by atoms with Crippen LogP contribution in [0.2, 0.25) is 0 Å². The number of hydrazone groups is 1. The van der Waals surface area contributed by atoms with Crippen LogP contribution < -0.4 is 5.43 Å². The van der Waals surface area contributed by atoms with E-state index in [-0.39, 0.29) is 0 Å². The molecule has 1 aromatic heterocycles. The second kappa shape index (κ2) is 6.29. The lowest BCUT2D eigenvalue weighted by molar-refractivity contribution is -0.140. The summed E-state index contributed by atoms with van der Waals surface area (Å²) in [6, 6.07) is 0.347. The van der Waals surface area contributed by atoms with E-state index in [2.05, 4.69) is 31.4 Å². The second-order valence-corrected chi connectivity index (χ2v) is 5.82. The first-order valence-corrected chi connectivity index (χ1v) is 7.33. The summed E-state index contributed by atoms with van der Waals surface area (Å²) in [6.07, 6.45) is -4.30. The zero-order chi connectivity index (χ0) is 16.5. The van der Waals surface area contributed by atoms with Crippen LogP contribution >= 0.6 is 27.3 Å². The Morgan fingerprint density at radius 1 is 1.32 bits per heavy atom. The smallest absolute Gasteiger partial charge is 0.253 e. The van der Waals surface area contributed by atoms with Gasteiger partial charge in [-0.2, -0.15) is 18.3 Å². The molecule has 0 aliphatic rings. The molecule has 0 atom stereocenters. The molecule has 0 saturated carbocycles. The normalized spacial score (nSPS) is 12.1. The number of halogens is 6. The van der Waals surface area contributed by atoms with Crippen LogP contribution in [0.15, 0.2) is 21.0 Å². The van der Waals surface area contributed by atoms with Gasteiger partial charge in [-0.3, -0.25) is 5.43 Å². The maximum Gasteiger partial charge on any atom is 0.419 e. The highest BCUT2D eigenvalue weighted by Crippen LogP contribution is 2.35. The quantitative estimate of drug-likeness (QED) is 0.343. The zero-order valence-electron chi connectivity index (χ0n) is 10.8. The van der Waals surface area contributed by atoms with Crippen LogP contribution in [0, 0.1) is 18.6 Å². The topological polar surface area (TPSA) is 37.3 Å². The highest BCUT2D eigenvalue weighted by molar-refractivity contribution is 9.10. The third kappa shape index (κ3) is 3.61. The number of rotatable bonds is 3. The van der Waals surface area contributed by atoms with Crippen LogP contribution in [0.1, 0.15) is 16.8 Å². The average Bonchev–Trinajstić information content (AvgIpc) is 2.82. The van der Waals surface area contributed by atoms with Crippen molar-refractivity contribution in [2.75, 3.05) is 5.43 Å². The van der Waals surface area contributed by atoms with Gasteiger partial charge in [0.1, 0.15) is 11.6 Å². The Morgan fingerprint density at radius 2 is 2.00 bits per heavy atom. The van der Waals surface area contributed by atoms with Gasteiger partial charge in [-0.25, -0.2) is 13.8 Å². The standard InChI is InChI=1S/C12H7BrF5N3S/c1-5-4-22-11(20-5)21-19-3-6-9(14)7(12(16,17)18)2-8(13)10(6)15/h2-4H,1H3,(H,20,21). The van der Waals surface area contributed by atoms with Crippen molar-refractivity contribution < 1.29 is 22.0 Å². The molecule has 1 heterocycles. The molecule has 2 rings (SSSR count). The van der Waals surface area contributed by atoms with Gasteiger partial charge in [-0.05, 0) is 28.9 Å². The fourth-order valence-corrected chi connectivity index (χ4v) is 2.58. The average molecular weight is 400 g/mol. The lowest BCUT2D eigenvalue weighted by Crippen LogP contribution is -2.12. The molecule has 22 heavy (non-hydrogen) atoms. The SMILES string of the molecule is Cc1csc(NN=Cc2c(F)c(Br)cc(C(F)(F)F)c2F)n1. The van der Waals surface area contributed by atoms with Crippen LogP contribution in [-0.2, 0) is 6.18 Å². The molecule has 0 spiro atoms. The van der Waals surface area contributed by atoms with Crippen molar-refractivity contribution >= 4 is 38.6 Å². The fraction of sp³-hybridized carbons (Fsp3) is 0.167. The maximum atomic E-state index is 13.8. The molecule has 1 aromatic carbocycles. The summed E-state index contributed by atoms with van der Waals surface area (Å²) in [7, 11) is 0. The van der Waals surface area contributed by atoms with Gasteiger partial charge in [-0.1, -0.05) is 0 Å². The number of nitrogens with one attached hydrogen (secondary N) is 1. The molecule has 0 aliphatic heterocycles. The molecule has 3 nitrogen and oxygen atoms in total. The Bertz CT molecular complexity index is 726.